The van der Waals surface area contributed by atoms with Crippen molar-refractivity contribution in [3.05, 3.63) is 34.1 Å². The number of hydrogen-bond acceptors (Lipinski definition) is 4. The number of piperidine rings is 1. The number of nitrogens with two attached hydrogens (primary N) is 1. The van der Waals surface area contributed by atoms with E-state index in [2.05, 4.69) is 32.4 Å². The molecule has 3 N–H and O–H groups in total. The summed E-state index contributed by atoms with van der Waals surface area (Å²) in [7, 11) is 0. The summed E-state index contributed by atoms with van der Waals surface area (Å²) in [6, 6.07) is 6.89. The van der Waals surface area contributed by atoms with E-state index in [4.69, 9.17) is 5.73 Å². The first-order chi connectivity index (χ1) is 10.6. The smallest absolute Gasteiger partial charge is 0.140 e. The van der Waals surface area contributed by atoms with Crippen molar-refractivity contribution in [1.29, 1.82) is 5.26 Å². The van der Waals surface area contributed by atoms with Gasteiger partial charge in [-0.2, -0.15) is 10.4 Å². The van der Waals surface area contributed by atoms with Crippen LogP contribution in [0.4, 0.5) is 10.2 Å². The number of nitrogens with zero attached hydrogens (tertiary/aromatic N) is 3. The quantitative estimate of drug-likeness (QED) is 0.859. The Kier molecular flexibility index (Phi) is 4.14. The zero-order chi connectivity index (χ0) is 15.7. The number of nitriles is 1. The number of benzene rings is 1. The second kappa shape index (κ2) is 6.07. The molecular formula is C15H15BrFN5. The molecule has 114 valence electrons. The summed E-state index contributed by atoms with van der Waals surface area (Å²) in [4.78, 5) is 0. The molecule has 7 heteroatoms. The summed E-state index contributed by atoms with van der Waals surface area (Å²) < 4.78 is 16.5. The molecule has 22 heavy (non-hydrogen) atoms. The zero-order valence-corrected chi connectivity index (χ0v) is 13.4. The number of nitrogens with one attached hydrogen (secondary N) is 1. The number of anilines is 1. The Morgan fingerprint density at radius 3 is 2.77 bits per heavy atom. The van der Waals surface area contributed by atoms with Crippen molar-refractivity contribution >= 4 is 21.7 Å². The molecular weight excluding hydrogens is 349 g/mol. The van der Waals surface area contributed by atoms with Gasteiger partial charge in [-0.15, -0.1) is 0 Å². The van der Waals surface area contributed by atoms with E-state index >= 15 is 0 Å². The molecule has 3 rings (SSSR count). The van der Waals surface area contributed by atoms with Gasteiger partial charge in [-0.1, -0.05) is 15.9 Å². The normalized spacial score (nSPS) is 15.7. The van der Waals surface area contributed by atoms with Crippen LogP contribution in [0.25, 0.3) is 11.3 Å². The van der Waals surface area contributed by atoms with Gasteiger partial charge in [-0.25, -0.2) is 9.07 Å². The Bertz CT molecular complexity index is 743. The summed E-state index contributed by atoms with van der Waals surface area (Å²) in [6.45, 7) is 1.77. The first-order valence-electron chi connectivity index (χ1n) is 7.06. The van der Waals surface area contributed by atoms with Crippen molar-refractivity contribution in [1.82, 2.24) is 15.1 Å². The van der Waals surface area contributed by atoms with Gasteiger partial charge in [0, 0.05) is 10.0 Å². The molecule has 0 aliphatic carbocycles. The molecule has 1 aromatic heterocycles. The lowest BCUT2D eigenvalue weighted by Crippen LogP contribution is -2.30. The van der Waals surface area contributed by atoms with Crippen LogP contribution in [0.2, 0.25) is 0 Å². The SMILES string of the molecule is N#Cc1c(-c2ccc(Br)cc2F)nn(C2CCNCC2)c1N. The van der Waals surface area contributed by atoms with Crippen LogP contribution in [0, 0.1) is 17.1 Å². The van der Waals surface area contributed by atoms with Crippen molar-refractivity contribution in [2.24, 2.45) is 0 Å². The Morgan fingerprint density at radius 1 is 1.41 bits per heavy atom. The van der Waals surface area contributed by atoms with Gasteiger partial charge >= 0.3 is 0 Å². The number of halogens is 2. The third kappa shape index (κ3) is 2.60. The van der Waals surface area contributed by atoms with Gasteiger partial charge in [-0.3, -0.25) is 0 Å². The van der Waals surface area contributed by atoms with Gasteiger partial charge in [0.25, 0.3) is 0 Å². The minimum absolute atomic E-state index is 0.139. The topological polar surface area (TPSA) is 79.7 Å². The van der Waals surface area contributed by atoms with Gasteiger partial charge in [0.2, 0.25) is 0 Å². The summed E-state index contributed by atoms with van der Waals surface area (Å²) in [6.07, 6.45) is 1.78. The highest BCUT2D eigenvalue weighted by Gasteiger charge is 2.24. The minimum Gasteiger partial charge on any atom is -0.383 e. The number of nitrogen functional groups attached to an aromatic ring is 1. The lowest BCUT2D eigenvalue weighted by Gasteiger charge is -2.23. The molecule has 0 bridgehead atoms. The third-order valence-corrected chi connectivity index (χ3v) is 4.39. The summed E-state index contributed by atoms with van der Waals surface area (Å²) in [5, 5.41) is 17.1. The largest absolute Gasteiger partial charge is 0.383 e. The van der Waals surface area contributed by atoms with E-state index in [1.807, 2.05) is 0 Å². The standard InChI is InChI=1S/C15H15BrFN5/c16-9-1-2-11(13(17)7-9)14-12(8-18)15(19)22(21-14)10-3-5-20-6-4-10/h1-2,7,10,20H,3-6,19H2. The van der Waals surface area contributed by atoms with Crippen LogP contribution >= 0.6 is 15.9 Å². The predicted octanol–water partition coefficient (Wildman–Crippen LogP) is 2.83. The van der Waals surface area contributed by atoms with Crippen LogP contribution in [0.3, 0.4) is 0 Å². The lowest BCUT2D eigenvalue weighted by molar-refractivity contribution is 0.347. The minimum atomic E-state index is -0.430. The predicted molar refractivity (Wildman–Crippen MR) is 85.6 cm³/mol. The van der Waals surface area contributed by atoms with Crippen LogP contribution in [0.5, 0.6) is 0 Å². The van der Waals surface area contributed by atoms with E-state index in [1.54, 1.807) is 16.8 Å². The molecule has 5 nitrogen and oxygen atoms in total. The molecule has 0 saturated carbocycles. The van der Waals surface area contributed by atoms with E-state index < -0.39 is 5.82 Å². The maximum Gasteiger partial charge on any atom is 0.140 e. The fourth-order valence-corrected chi connectivity index (χ4v) is 3.09. The van der Waals surface area contributed by atoms with Gasteiger partial charge in [0.1, 0.15) is 29.0 Å². The fourth-order valence-electron chi connectivity index (χ4n) is 2.76. The van der Waals surface area contributed by atoms with Crippen LogP contribution < -0.4 is 11.1 Å². The lowest BCUT2D eigenvalue weighted by atomic mass is 10.1. The second-order valence-electron chi connectivity index (χ2n) is 5.27. The fraction of sp³-hybridized carbons (Fsp3) is 0.333. The molecule has 2 heterocycles. The molecule has 0 radical (unpaired) electrons. The Balaban J connectivity index is 2.10. The highest BCUT2D eigenvalue weighted by molar-refractivity contribution is 9.10. The highest BCUT2D eigenvalue weighted by Crippen LogP contribution is 2.33. The Morgan fingerprint density at radius 2 is 2.14 bits per heavy atom. The van der Waals surface area contributed by atoms with Crippen molar-refractivity contribution in [3.63, 3.8) is 0 Å². The summed E-state index contributed by atoms with van der Waals surface area (Å²) in [5.74, 6) is -0.118. The number of aromatic nitrogens is 2. The molecule has 0 unspecified atom stereocenters. The van der Waals surface area contributed by atoms with Crippen molar-refractivity contribution in [2.45, 2.75) is 18.9 Å². The number of hydrogen-bond donors (Lipinski definition) is 2. The monoisotopic (exact) mass is 363 g/mol. The van der Waals surface area contributed by atoms with E-state index in [-0.39, 0.29) is 11.6 Å². The first-order valence-corrected chi connectivity index (χ1v) is 7.85. The molecule has 1 aliphatic rings. The average molecular weight is 364 g/mol. The maximum absolute atomic E-state index is 14.2. The first kappa shape index (κ1) is 15.0. The van der Waals surface area contributed by atoms with E-state index in [0.29, 0.717) is 21.5 Å². The molecule has 1 saturated heterocycles. The summed E-state index contributed by atoms with van der Waals surface area (Å²) >= 11 is 3.22. The summed E-state index contributed by atoms with van der Waals surface area (Å²) in [5.41, 5.74) is 6.92. The van der Waals surface area contributed by atoms with E-state index in [0.717, 1.165) is 25.9 Å². The van der Waals surface area contributed by atoms with Gasteiger partial charge in [-0.05, 0) is 44.1 Å². The third-order valence-electron chi connectivity index (χ3n) is 3.90. The van der Waals surface area contributed by atoms with Crippen molar-refractivity contribution in [3.8, 4) is 17.3 Å². The number of rotatable bonds is 2. The molecule has 2 aromatic rings. The maximum atomic E-state index is 14.2. The Labute approximate surface area is 136 Å². The van der Waals surface area contributed by atoms with Crippen LogP contribution in [-0.4, -0.2) is 22.9 Å². The molecule has 1 aliphatic heterocycles. The molecule has 0 spiro atoms. The van der Waals surface area contributed by atoms with Gasteiger partial charge in [0.05, 0.1) is 6.04 Å². The molecule has 0 atom stereocenters. The van der Waals surface area contributed by atoms with Gasteiger partial charge in [0.15, 0.2) is 0 Å². The van der Waals surface area contributed by atoms with Crippen LogP contribution in [0.15, 0.2) is 22.7 Å². The van der Waals surface area contributed by atoms with Crippen molar-refractivity contribution < 1.29 is 4.39 Å². The van der Waals surface area contributed by atoms with Crippen molar-refractivity contribution in [2.75, 3.05) is 18.8 Å². The van der Waals surface area contributed by atoms with E-state index in [9.17, 15) is 9.65 Å². The molecule has 0 amide bonds. The van der Waals surface area contributed by atoms with Crippen LogP contribution in [0.1, 0.15) is 24.4 Å². The zero-order valence-electron chi connectivity index (χ0n) is 11.8. The average Bonchev–Trinajstić information content (AvgIpc) is 2.84. The van der Waals surface area contributed by atoms with Gasteiger partial charge < -0.3 is 11.1 Å². The highest BCUT2D eigenvalue weighted by atomic mass is 79.9. The second-order valence-corrected chi connectivity index (χ2v) is 6.19. The Hall–Kier alpha value is -1.91. The van der Waals surface area contributed by atoms with E-state index in [1.165, 1.54) is 6.07 Å². The molecule has 1 fully saturated rings. The molecule has 1 aromatic carbocycles. The van der Waals surface area contributed by atoms with Crippen LogP contribution in [-0.2, 0) is 0 Å².